The fourth-order valence-corrected chi connectivity index (χ4v) is 3.33. The topological polar surface area (TPSA) is 99.4 Å². The van der Waals surface area contributed by atoms with E-state index in [1.807, 2.05) is 0 Å². The Morgan fingerprint density at radius 3 is 2.57 bits per heavy atom. The molecule has 1 aliphatic rings. The number of esters is 1. The van der Waals surface area contributed by atoms with Crippen molar-refractivity contribution < 1.29 is 17.9 Å². The van der Waals surface area contributed by atoms with Gasteiger partial charge in [-0.25, -0.2) is 18.4 Å². The van der Waals surface area contributed by atoms with E-state index in [4.69, 9.17) is 9.88 Å². The maximum atomic E-state index is 12.0. The van der Waals surface area contributed by atoms with E-state index in [1.54, 1.807) is 42.7 Å². The predicted molar refractivity (Wildman–Crippen MR) is 83.7 cm³/mol. The molecule has 1 saturated heterocycles. The first-order valence-electron chi connectivity index (χ1n) is 6.91. The molecule has 118 valence electrons. The predicted octanol–water partition coefficient (Wildman–Crippen LogP) is 1.48. The van der Waals surface area contributed by atoms with Crippen molar-refractivity contribution in [2.75, 3.05) is 6.61 Å². The molecule has 0 radical (unpaired) electrons. The summed E-state index contributed by atoms with van der Waals surface area (Å²) in [4.78, 5) is 16.1. The summed E-state index contributed by atoms with van der Waals surface area (Å²) >= 11 is 0. The number of carbonyl (C=O) groups is 1. The first kappa shape index (κ1) is 15.4. The third-order valence-electron chi connectivity index (χ3n) is 3.55. The van der Waals surface area contributed by atoms with E-state index in [-0.39, 0.29) is 11.5 Å². The zero-order valence-corrected chi connectivity index (χ0v) is 12.9. The summed E-state index contributed by atoms with van der Waals surface area (Å²) in [5, 5.41) is 5.32. The van der Waals surface area contributed by atoms with Gasteiger partial charge >= 0.3 is 5.97 Å². The van der Waals surface area contributed by atoms with Gasteiger partial charge in [-0.2, -0.15) is 0 Å². The van der Waals surface area contributed by atoms with Gasteiger partial charge in [0.05, 0.1) is 11.5 Å². The number of aromatic nitrogens is 1. The number of rotatable bonds is 3. The van der Waals surface area contributed by atoms with Crippen molar-refractivity contribution in [3.63, 3.8) is 0 Å². The molecular formula is C16H14N2O4S. The largest absolute Gasteiger partial charge is 0.462 e. The normalized spacial score (nSPS) is 17.0. The highest BCUT2D eigenvalue weighted by atomic mass is 32.2. The van der Waals surface area contributed by atoms with Crippen LogP contribution < -0.4 is 5.14 Å². The third kappa shape index (κ3) is 3.01. The lowest BCUT2D eigenvalue weighted by atomic mass is 9.93. The summed E-state index contributed by atoms with van der Waals surface area (Å²) < 4.78 is 28.8. The van der Waals surface area contributed by atoms with Gasteiger partial charge in [-0.3, -0.25) is 4.98 Å². The minimum absolute atomic E-state index is 0.0361. The molecule has 1 aromatic carbocycles. The van der Waals surface area contributed by atoms with Crippen molar-refractivity contribution in [3.8, 4) is 0 Å². The monoisotopic (exact) mass is 330 g/mol. The highest BCUT2D eigenvalue weighted by Crippen LogP contribution is 2.34. The number of hydrogen-bond acceptors (Lipinski definition) is 5. The fraction of sp³-hybridized carbons (Fsp3) is 0.125. The first-order valence-corrected chi connectivity index (χ1v) is 8.46. The summed E-state index contributed by atoms with van der Waals surface area (Å²) in [6.45, 7) is 0.273. The van der Waals surface area contributed by atoms with E-state index < -0.39 is 16.0 Å². The smallest absolute Gasteiger partial charge is 0.334 e. The lowest BCUT2D eigenvalue weighted by Crippen LogP contribution is -2.15. The first-order chi connectivity index (χ1) is 11.0. The SMILES string of the molecule is NS(=O)(=O)c1ccccc1C(=C1CCOC1=O)c1cccnc1. The molecule has 0 bridgehead atoms. The van der Waals surface area contributed by atoms with E-state index in [1.165, 1.54) is 6.07 Å². The summed E-state index contributed by atoms with van der Waals surface area (Å²) in [6.07, 6.45) is 3.58. The number of carbonyl (C=O) groups excluding carboxylic acids is 1. The molecule has 23 heavy (non-hydrogen) atoms. The second-order valence-electron chi connectivity index (χ2n) is 5.02. The number of pyridine rings is 1. The van der Waals surface area contributed by atoms with Gasteiger partial charge in [-0.05, 0) is 12.1 Å². The lowest BCUT2D eigenvalue weighted by molar-refractivity contribution is -0.135. The lowest BCUT2D eigenvalue weighted by Gasteiger charge is -2.14. The van der Waals surface area contributed by atoms with Crippen LogP contribution in [0.4, 0.5) is 0 Å². The summed E-state index contributed by atoms with van der Waals surface area (Å²) in [6, 6.07) is 9.81. The molecule has 2 heterocycles. The van der Waals surface area contributed by atoms with Crippen LogP contribution in [0.1, 0.15) is 17.5 Å². The highest BCUT2D eigenvalue weighted by molar-refractivity contribution is 7.89. The number of primary sulfonamides is 1. The zero-order chi connectivity index (χ0) is 16.4. The molecule has 1 fully saturated rings. The fourth-order valence-electron chi connectivity index (χ4n) is 2.59. The molecule has 0 atom stereocenters. The van der Waals surface area contributed by atoms with Crippen LogP contribution in [0, 0.1) is 0 Å². The number of sulfonamides is 1. The van der Waals surface area contributed by atoms with E-state index >= 15 is 0 Å². The molecule has 1 aromatic heterocycles. The van der Waals surface area contributed by atoms with Crippen molar-refractivity contribution in [2.45, 2.75) is 11.3 Å². The average molecular weight is 330 g/mol. The van der Waals surface area contributed by atoms with Gasteiger partial charge in [0, 0.05) is 41.1 Å². The number of benzene rings is 1. The van der Waals surface area contributed by atoms with Crippen LogP contribution in [0.15, 0.2) is 59.3 Å². The second kappa shape index (κ2) is 5.94. The van der Waals surface area contributed by atoms with Gasteiger partial charge in [0.15, 0.2) is 0 Å². The van der Waals surface area contributed by atoms with Crippen LogP contribution >= 0.6 is 0 Å². The molecule has 2 aromatic rings. The third-order valence-corrected chi connectivity index (χ3v) is 4.52. The number of nitrogens with two attached hydrogens (primary N) is 1. The molecule has 1 aliphatic heterocycles. The molecule has 6 nitrogen and oxygen atoms in total. The van der Waals surface area contributed by atoms with Crippen molar-refractivity contribution in [3.05, 3.63) is 65.5 Å². The van der Waals surface area contributed by atoms with Gasteiger partial charge in [0.1, 0.15) is 0 Å². The molecule has 0 spiro atoms. The Balaban J connectivity index is 2.34. The highest BCUT2D eigenvalue weighted by Gasteiger charge is 2.27. The molecule has 7 heteroatoms. The van der Waals surface area contributed by atoms with E-state index in [0.29, 0.717) is 28.7 Å². The maximum Gasteiger partial charge on any atom is 0.334 e. The van der Waals surface area contributed by atoms with Crippen molar-refractivity contribution in [1.82, 2.24) is 4.98 Å². The van der Waals surface area contributed by atoms with Crippen LogP contribution in [0.2, 0.25) is 0 Å². The quantitative estimate of drug-likeness (QED) is 0.679. The van der Waals surface area contributed by atoms with Crippen LogP contribution in [0.5, 0.6) is 0 Å². The van der Waals surface area contributed by atoms with Crippen LogP contribution in [-0.4, -0.2) is 26.0 Å². The van der Waals surface area contributed by atoms with E-state index in [0.717, 1.165) is 0 Å². The second-order valence-corrected chi connectivity index (χ2v) is 6.55. The molecular weight excluding hydrogens is 316 g/mol. The standard InChI is InChI=1S/C16H14N2O4S/c17-23(20,21)14-6-2-1-5-12(14)15(11-4-3-8-18-10-11)13-7-9-22-16(13)19/h1-6,8,10H,7,9H2,(H2,17,20,21). The van der Waals surface area contributed by atoms with Gasteiger partial charge in [-0.1, -0.05) is 24.3 Å². The Kier molecular flexibility index (Phi) is 3.97. The number of nitrogens with zero attached hydrogens (tertiary/aromatic N) is 1. The summed E-state index contributed by atoms with van der Waals surface area (Å²) in [5.41, 5.74) is 1.92. The molecule has 0 aliphatic carbocycles. The molecule has 3 rings (SSSR count). The maximum absolute atomic E-state index is 12.0. The van der Waals surface area contributed by atoms with Gasteiger partial charge < -0.3 is 4.74 Å². The summed E-state index contributed by atoms with van der Waals surface area (Å²) in [5.74, 6) is -0.451. The Morgan fingerprint density at radius 2 is 1.96 bits per heavy atom. The molecule has 2 N–H and O–H groups in total. The van der Waals surface area contributed by atoms with Crippen molar-refractivity contribution in [2.24, 2.45) is 5.14 Å². The van der Waals surface area contributed by atoms with Crippen molar-refractivity contribution >= 4 is 21.6 Å². The van der Waals surface area contributed by atoms with E-state index in [2.05, 4.69) is 4.98 Å². The minimum Gasteiger partial charge on any atom is -0.462 e. The van der Waals surface area contributed by atoms with Gasteiger partial charge in [0.2, 0.25) is 10.0 Å². The van der Waals surface area contributed by atoms with Gasteiger partial charge in [-0.15, -0.1) is 0 Å². The number of ether oxygens (including phenoxy) is 1. The number of cyclic esters (lactones) is 1. The Bertz CT molecular complexity index is 889. The Morgan fingerprint density at radius 1 is 1.17 bits per heavy atom. The van der Waals surface area contributed by atoms with Gasteiger partial charge in [0.25, 0.3) is 0 Å². The van der Waals surface area contributed by atoms with Crippen LogP contribution in [-0.2, 0) is 19.6 Å². The van der Waals surface area contributed by atoms with Crippen molar-refractivity contribution in [1.29, 1.82) is 0 Å². The average Bonchev–Trinajstić information content (AvgIpc) is 2.94. The van der Waals surface area contributed by atoms with E-state index in [9.17, 15) is 13.2 Å². The number of hydrogen-bond donors (Lipinski definition) is 1. The summed E-state index contributed by atoms with van der Waals surface area (Å²) in [7, 11) is -3.94. The minimum atomic E-state index is -3.94. The Labute approximate surface area is 133 Å². The molecule has 0 amide bonds. The zero-order valence-electron chi connectivity index (χ0n) is 12.1. The Hall–Kier alpha value is -2.51. The molecule has 0 unspecified atom stereocenters. The molecule has 0 saturated carbocycles. The van der Waals surface area contributed by atoms with Crippen LogP contribution in [0.25, 0.3) is 5.57 Å². The van der Waals surface area contributed by atoms with Crippen LogP contribution in [0.3, 0.4) is 0 Å².